The van der Waals surface area contributed by atoms with Crippen LogP contribution in [0.15, 0.2) is 4.99 Å². The molecule has 1 saturated heterocycles. The van der Waals surface area contributed by atoms with Gasteiger partial charge in [-0.05, 0) is 46.0 Å². The SMILES string of the molecule is CC1CCCC(C)N1C(N)=NC1CCCC1. The highest BCUT2D eigenvalue weighted by molar-refractivity contribution is 5.79. The van der Waals surface area contributed by atoms with Crippen LogP contribution in [0, 0.1) is 0 Å². The fourth-order valence-electron chi connectivity index (χ4n) is 3.16. The summed E-state index contributed by atoms with van der Waals surface area (Å²) in [5.41, 5.74) is 6.18. The van der Waals surface area contributed by atoms with E-state index in [1.54, 1.807) is 0 Å². The van der Waals surface area contributed by atoms with E-state index >= 15 is 0 Å². The Morgan fingerprint density at radius 1 is 1.00 bits per heavy atom. The van der Waals surface area contributed by atoms with Gasteiger partial charge in [0.25, 0.3) is 0 Å². The van der Waals surface area contributed by atoms with Crippen molar-refractivity contribution in [3.8, 4) is 0 Å². The third-order valence-electron chi connectivity index (χ3n) is 4.10. The molecular formula is C13H25N3. The maximum Gasteiger partial charge on any atom is 0.192 e. The monoisotopic (exact) mass is 223 g/mol. The van der Waals surface area contributed by atoms with E-state index in [2.05, 4.69) is 18.7 Å². The molecule has 2 fully saturated rings. The van der Waals surface area contributed by atoms with Crippen LogP contribution in [0.5, 0.6) is 0 Å². The lowest BCUT2D eigenvalue weighted by molar-refractivity contribution is 0.188. The summed E-state index contributed by atoms with van der Waals surface area (Å²) in [6.45, 7) is 4.54. The van der Waals surface area contributed by atoms with Gasteiger partial charge in [-0.15, -0.1) is 0 Å². The highest BCUT2D eigenvalue weighted by atomic mass is 15.3. The van der Waals surface area contributed by atoms with Gasteiger partial charge in [0.2, 0.25) is 0 Å². The van der Waals surface area contributed by atoms with Crippen molar-refractivity contribution < 1.29 is 0 Å². The molecule has 1 aliphatic carbocycles. The molecule has 92 valence electrons. The van der Waals surface area contributed by atoms with E-state index in [4.69, 9.17) is 10.7 Å². The lowest BCUT2D eigenvalue weighted by Crippen LogP contribution is -2.51. The Morgan fingerprint density at radius 2 is 1.56 bits per heavy atom. The molecule has 3 heteroatoms. The molecule has 2 unspecified atom stereocenters. The summed E-state index contributed by atoms with van der Waals surface area (Å²) in [5, 5.41) is 0. The van der Waals surface area contributed by atoms with E-state index in [1.807, 2.05) is 0 Å². The molecule has 2 atom stereocenters. The maximum atomic E-state index is 6.18. The van der Waals surface area contributed by atoms with Gasteiger partial charge in [-0.25, -0.2) is 4.99 Å². The highest BCUT2D eigenvalue weighted by Crippen LogP contribution is 2.24. The van der Waals surface area contributed by atoms with Gasteiger partial charge in [0.1, 0.15) is 0 Å². The fourth-order valence-corrected chi connectivity index (χ4v) is 3.16. The molecule has 3 nitrogen and oxygen atoms in total. The van der Waals surface area contributed by atoms with Crippen LogP contribution in [0.1, 0.15) is 58.8 Å². The Morgan fingerprint density at radius 3 is 2.12 bits per heavy atom. The van der Waals surface area contributed by atoms with E-state index in [9.17, 15) is 0 Å². The first-order chi connectivity index (χ1) is 7.68. The zero-order valence-electron chi connectivity index (χ0n) is 10.7. The summed E-state index contributed by atoms with van der Waals surface area (Å²) in [7, 11) is 0. The molecule has 0 spiro atoms. The average Bonchev–Trinajstić information content (AvgIpc) is 2.70. The zero-order chi connectivity index (χ0) is 11.5. The molecule has 16 heavy (non-hydrogen) atoms. The fraction of sp³-hybridized carbons (Fsp3) is 0.923. The minimum Gasteiger partial charge on any atom is -0.370 e. The number of hydrogen-bond acceptors (Lipinski definition) is 1. The molecule has 0 amide bonds. The molecule has 2 aliphatic rings. The van der Waals surface area contributed by atoms with Gasteiger partial charge < -0.3 is 10.6 Å². The van der Waals surface area contributed by atoms with Crippen LogP contribution in [-0.2, 0) is 0 Å². The Bertz CT molecular complexity index is 246. The molecule has 2 N–H and O–H groups in total. The number of guanidine groups is 1. The molecule has 1 saturated carbocycles. The first-order valence-corrected chi connectivity index (χ1v) is 6.80. The van der Waals surface area contributed by atoms with E-state index < -0.39 is 0 Å². The number of aliphatic imine (C=N–C) groups is 1. The summed E-state index contributed by atoms with van der Waals surface area (Å²) in [4.78, 5) is 7.06. The van der Waals surface area contributed by atoms with Crippen molar-refractivity contribution in [1.29, 1.82) is 0 Å². The second kappa shape index (κ2) is 5.07. The van der Waals surface area contributed by atoms with Crippen LogP contribution in [0.2, 0.25) is 0 Å². The van der Waals surface area contributed by atoms with E-state index in [-0.39, 0.29) is 0 Å². The summed E-state index contributed by atoms with van der Waals surface area (Å²) in [6, 6.07) is 1.63. The predicted octanol–water partition coefficient (Wildman–Crippen LogP) is 2.51. The summed E-state index contributed by atoms with van der Waals surface area (Å²) < 4.78 is 0. The molecule has 1 heterocycles. The third kappa shape index (κ3) is 2.50. The molecule has 0 aromatic rings. The second-order valence-electron chi connectivity index (χ2n) is 5.46. The van der Waals surface area contributed by atoms with Crippen molar-refractivity contribution in [2.75, 3.05) is 0 Å². The normalized spacial score (nSPS) is 33.4. The zero-order valence-corrected chi connectivity index (χ0v) is 10.7. The van der Waals surface area contributed by atoms with Crippen LogP contribution in [0.3, 0.4) is 0 Å². The standard InChI is InChI=1S/C13H25N3/c1-10-6-5-7-11(2)16(10)13(14)15-12-8-3-4-9-12/h10-12H,3-9H2,1-2H3,(H2,14,15). The maximum absolute atomic E-state index is 6.18. The Labute approximate surface area is 99.1 Å². The summed E-state index contributed by atoms with van der Waals surface area (Å²) in [6.07, 6.45) is 8.96. The van der Waals surface area contributed by atoms with E-state index in [1.165, 1.54) is 44.9 Å². The lowest BCUT2D eigenvalue weighted by atomic mass is 9.98. The summed E-state index contributed by atoms with van der Waals surface area (Å²) >= 11 is 0. The molecular weight excluding hydrogens is 198 g/mol. The molecule has 0 bridgehead atoms. The molecule has 0 aromatic carbocycles. The lowest BCUT2D eigenvalue weighted by Gasteiger charge is -2.40. The number of piperidine rings is 1. The summed E-state index contributed by atoms with van der Waals surface area (Å²) in [5.74, 6) is 0.798. The second-order valence-corrected chi connectivity index (χ2v) is 5.46. The molecule has 0 aromatic heterocycles. The van der Waals surface area contributed by atoms with Gasteiger partial charge >= 0.3 is 0 Å². The quantitative estimate of drug-likeness (QED) is 0.548. The number of nitrogens with two attached hydrogens (primary N) is 1. The van der Waals surface area contributed by atoms with Crippen LogP contribution in [-0.4, -0.2) is 29.0 Å². The molecule has 2 rings (SSSR count). The van der Waals surface area contributed by atoms with Gasteiger partial charge in [0.05, 0.1) is 6.04 Å². The van der Waals surface area contributed by atoms with Gasteiger partial charge in [0.15, 0.2) is 5.96 Å². The van der Waals surface area contributed by atoms with Crippen molar-refractivity contribution >= 4 is 5.96 Å². The molecule has 1 aliphatic heterocycles. The third-order valence-corrected chi connectivity index (χ3v) is 4.10. The Kier molecular flexibility index (Phi) is 3.72. The minimum atomic E-state index is 0.501. The van der Waals surface area contributed by atoms with E-state index in [0.29, 0.717) is 18.1 Å². The minimum absolute atomic E-state index is 0.501. The number of hydrogen-bond donors (Lipinski definition) is 1. The predicted molar refractivity (Wildman–Crippen MR) is 68.5 cm³/mol. The van der Waals surface area contributed by atoms with Crippen LogP contribution in [0.25, 0.3) is 0 Å². The van der Waals surface area contributed by atoms with E-state index in [0.717, 1.165) is 5.96 Å². The topological polar surface area (TPSA) is 41.6 Å². The van der Waals surface area contributed by atoms with Gasteiger partial charge in [-0.3, -0.25) is 0 Å². The number of nitrogens with zero attached hydrogens (tertiary/aromatic N) is 2. The Hall–Kier alpha value is -0.730. The van der Waals surface area contributed by atoms with Gasteiger partial charge in [-0.2, -0.15) is 0 Å². The van der Waals surface area contributed by atoms with Crippen LogP contribution < -0.4 is 5.73 Å². The smallest absolute Gasteiger partial charge is 0.192 e. The first-order valence-electron chi connectivity index (χ1n) is 6.80. The van der Waals surface area contributed by atoms with Crippen LogP contribution >= 0.6 is 0 Å². The van der Waals surface area contributed by atoms with Crippen molar-refractivity contribution in [2.24, 2.45) is 10.7 Å². The van der Waals surface area contributed by atoms with Gasteiger partial charge in [0, 0.05) is 12.1 Å². The number of rotatable bonds is 1. The largest absolute Gasteiger partial charge is 0.370 e. The van der Waals surface area contributed by atoms with Crippen LogP contribution in [0.4, 0.5) is 0 Å². The highest BCUT2D eigenvalue weighted by Gasteiger charge is 2.27. The first kappa shape index (κ1) is 11.7. The van der Waals surface area contributed by atoms with Crippen molar-refractivity contribution in [2.45, 2.75) is 76.9 Å². The molecule has 0 radical (unpaired) electrons. The number of likely N-dealkylation sites (tertiary alicyclic amines) is 1. The van der Waals surface area contributed by atoms with Crippen molar-refractivity contribution in [1.82, 2.24) is 4.90 Å². The van der Waals surface area contributed by atoms with Crippen molar-refractivity contribution in [3.63, 3.8) is 0 Å². The average molecular weight is 223 g/mol. The Balaban J connectivity index is 2.02. The van der Waals surface area contributed by atoms with Gasteiger partial charge in [-0.1, -0.05) is 12.8 Å². The van der Waals surface area contributed by atoms with Crippen molar-refractivity contribution in [3.05, 3.63) is 0 Å².